The molecule has 0 fully saturated rings. The Hall–Kier alpha value is -3.23. The lowest BCUT2D eigenvalue weighted by molar-refractivity contribution is -0.384. The molecule has 112 valence electrons. The average molecular weight is 303 g/mol. The summed E-state index contributed by atoms with van der Waals surface area (Å²) in [7, 11) is 0. The summed E-state index contributed by atoms with van der Waals surface area (Å²) in [6, 6.07) is 5.64. The number of hydrogen-bond acceptors (Lipinski definition) is 6. The average Bonchev–Trinajstić information content (AvgIpc) is 2.45. The molecule has 0 saturated heterocycles. The summed E-state index contributed by atoms with van der Waals surface area (Å²) in [5.41, 5.74) is -1.15. The fraction of sp³-hybridized carbons (Fsp3) is 0.154. The summed E-state index contributed by atoms with van der Waals surface area (Å²) >= 11 is 0. The first kappa shape index (κ1) is 13.7. The van der Waals surface area contributed by atoms with Crippen LogP contribution in [0.5, 0.6) is 5.88 Å². The van der Waals surface area contributed by atoms with E-state index in [-0.39, 0.29) is 23.6 Å². The number of esters is 1. The summed E-state index contributed by atoms with van der Waals surface area (Å²) in [5.74, 6) is -1.58. The molecule has 0 saturated carbocycles. The highest BCUT2D eigenvalue weighted by Crippen LogP contribution is 2.35. The monoisotopic (exact) mass is 303 g/mol. The standard InChI is InChI=1S/C13H9N3O6/c17-9-5-8(6-2-1-3-7(4-6)16(20)21)10-11(18)14-13(19)15-12(10)22-9/h1-4,8H,5H2,(H2,14,15,18,19). The first-order valence-corrected chi connectivity index (χ1v) is 6.27. The van der Waals surface area contributed by atoms with Gasteiger partial charge >= 0.3 is 11.7 Å². The summed E-state index contributed by atoms with van der Waals surface area (Å²) in [4.78, 5) is 49.5. The first-order valence-electron chi connectivity index (χ1n) is 6.27. The van der Waals surface area contributed by atoms with Crippen molar-refractivity contribution in [3.63, 3.8) is 0 Å². The molecule has 2 aromatic rings. The van der Waals surface area contributed by atoms with Gasteiger partial charge in [0.05, 0.1) is 16.9 Å². The summed E-state index contributed by atoms with van der Waals surface area (Å²) < 4.78 is 4.87. The van der Waals surface area contributed by atoms with Crippen molar-refractivity contribution in [2.75, 3.05) is 0 Å². The zero-order valence-electron chi connectivity index (χ0n) is 11.0. The number of aromatic amines is 2. The third kappa shape index (κ3) is 2.28. The zero-order valence-corrected chi connectivity index (χ0v) is 11.0. The van der Waals surface area contributed by atoms with Crippen molar-refractivity contribution in [2.24, 2.45) is 0 Å². The second-order valence-corrected chi connectivity index (χ2v) is 4.73. The van der Waals surface area contributed by atoms with Gasteiger partial charge in [-0.2, -0.15) is 0 Å². The Labute approximate surface area is 121 Å². The van der Waals surface area contributed by atoms with E-state index in [0.717, 1.165) is 0 Å². The molecule has 9 nitrogen and oxygen atoms in total. The van der Waals surface area contributed by atoms with Gasteiger partial charge in [0.2, 0.25) is 5.88 Å². The molecule has 0 bridgehead atoms. The quantitative estimate of drug-likeness (QED) is 0.468. The molecule has 1 unspecified atom stereocenters. The SMILES string of the molecule is O=C1CC(c2cccc([N+](=O)[O-])c2)c2c([nH]c(=O)[nH]c2=O)O1. The van der Waals surface area contributed by atoms with E-state index in [1.807, 2.05) is 0 Å². The van der Waals surface area contributed by atoms with Gasteiger partial charge in [-0.1, -0.05) is 12.1 Å². The highest BCUT2D eigenvalue weighted by atomic mass is 16.6. The molecule has 0 spiro atoms. The molecular formula is C13H9N3O6. The molecule has 2 heterocycles. The number of benzene rings is 1. The fourth-order valence-corrected chi connectivity index (χ4v) is 2.44. The van der Waals surface area contributed by atoms with Crippen LogP contribution in [0, 0.1) is 10.1 Å². The van der Waals surface area contributed by atoms with E-state index in [2.05, 4.69) is 9.97 Å². The first-order chi connectivity index (χ1) is 10.5. The van der Waals surface area contributed by atoms with Crippen LogP contribution in [0.4, 0.5) is 5.69 Å². The smallest absolute Gasteiger partial charge is 0.328 e. The number of carbonyl (C=O) groups is 1. The lowest BCUT2D eigenvalue weighted by Gasteiger charge is -2.22. The molecule has 0 amide bonds. The number of fused-ring (bicyclic) bond motifs is 1. The zero-order chi connectivity index (χ0) is 15.9. The number of H-pyrrole nitrogens is 2. The fourth-order valence-electron chi connectivity index (χ4n) is 2.44. The number of aromatic nitrogens is 2. The van der Waals surface area contributed by atoms with Crippen LogP contribution in [-0.4, -0.2) is 20.9 Å². The van der Waals surface area contributed by atoms with E-state index in [1.54, 1.807) is 6.07 Å². The van der Waals surface area contributed by atoms with E-state index in [1.165, 1.54) is 18.2 Å². The van der Waals surface area contributed by atoms with Crippen molar-refractivity contribution in [3.05, 3.63) is 66.3 Å². The second kappa shape index (κ2) is 4.95. The Kier molecular flexibility index (Phi) is 3.09. The summed E-state index contributed by atoms with van der Waals surface area (Å²) in [6.45, 7) is 0. The Morgan fingerprint density at radius 3 is 2.73 bits per heavy atom. The van der Waals surface area contributed by atoms with Gasteiger partial charge in [0, 0.05) is 18.1 Å². The lowest BCUT2D eigenvalue weighted by Crippen LogP contribution is -2.33. The highest BCUT2D eigenvalue weighted by molar-refractivity contribution is 5.76. The number of nitrogens with zero attached hydrogens (tertiary/aromatic N) is 1. The van der Waals surface area contributed by atoms with E-state index in [0.29, 0.717) is 5.56 Å². The minimum Gasteiger partial charge on any atom is -0.409 e. The Bertz CT molecular complexity index is 897. The van der Waals surface area contributed by atoms with Gasteiger partial charge in [0.25, 0.3) is 11.2 Å². The molecule has 0 aliphatic carbocycles. The van der Waals surface area contributed by atoms with Crippen LogP contribution in [0.15, 0.2) is 33.9 Å². The van der Waals surface area contributed by atoms with Crippen LogP contribution in [0.2, 0.25) is 0 Å². The molecule has 1 aliphatic heterocycles. The van der Waals surface area contributed by atoms with Crippen molar-refractivity contribution >= 4 is 11.7 Å². The number of ether oxygens (including phenoxy) is 1. The number of nitro groups is 1. The number of hydrogen-bond donors (Lipinski definition) is 2. The van der Waals surface area contributed by atoms with Crippen LogP contribution in [0.1, 0.15) is 23.5 Å². The maximum absolute atomic E-state index is 12.0. The van der Waals surface area contributed by atoms with Crippen LogP contribution in [0.25, 0.3) is 0 Å². The largest absolute Gasteiger partial charge is 0.409 e. The third-order valence-electron chi connectivity index (χ3n) is 3.36. The van der Waals surface area contributed by atoms with Crippen LogP contribution in [-0.2, 0) is 4.79 Å². The van der Waals surface area contributed by atoms with Crippen molar-refractivity contribution in [1.82, 2.24) is 9.97 Å². The van der Waals surface area contributed by atoms with Crippen molar-refractivity contribution < 1.29 is 14.5 Å². The summed E-state index contributed by atoms with van der Waals surface area (Å²) in [5, 5.41) is 10.9. The van der Waals surface area contributed by atoms with Crippen LogP contribution >= 0.6 is 0 Å². The second-order valence-electron chi connectivity index (χ2n) is 4.73. The Balaban J connectivity index is 2.19. The lowest BCUT2D eigenvalue weighted by atomic mass is 9.88. The number of rotatable bonds is 2. The predicted octanol–water partition coefficient (Wildman–Crippen LogP) is 0.412. The Morgan fingerprint density at radius 1 is 1.23 bits per heavy atom. The summed E-state index contributed by atoms with van der Waals surface area (Å²) in [6.07, 6.45) is -0.150. The van der Waals surface area contributed by atoms with Crippen LogP contribution in [0.3, 0.4) is 0 Å². The minimum absolute atomic E-state index is 0.0692. The van der Waals surface area contributed by atoms with Crippen molar-refractivity contribution in [1.29, 1.82) is 0 Å². The Morgan fingerprint density at radius 2 is 2.00 bits per heavy atom. The van der Waals surface area contributed by atoms with E-state index >= 15 is 0 Å². The molecule has 1 atom stereocenters. The highest BCUT2D eigenvalue weighted by Gasteiger charge is 2.32. The van der Waals surface area contributed by atoms with Gasteiger partial charge in [0.1, 0.15) is 0 Å². The number of nitro benzene ring substituents is 1. The van der Waals surface area contributed by atoms with Crippen molar-refractivity contribution in [3.8, 4) is 5.88 Å². The van der Waals surface area contributed by atoms with E-state index in [9.17, 15) is 24.5 Å². The van der Waals surface area contributed by atoms with Gasteiger partial charge in [-0.05, 0) is 5.56 Å². The maximum Gasteiger partial charge on any atom is 0.328 e. The molecule has 1 aromatic heterocycles. The molecule has 2 N–H and O–H groups in total. The van der Waals surface area contributed by atoms with E-state index in [4.69, 9.17) is 4.74 Å². The van der Waals surface area contributed by atoms with Crippen LogP contribution < -0.4 is 16.0 Å². The molecule has 1 aromatic carbocycles. The van der Waals surface area contributed by atoms with Gasteiger partial charge in [-0.25, -0.2) is 4.79 Å². The number of nitrogens with one attached hydrogen (secondary N) is 2. The predicted molar refractivity (Wildman–Crippen MR) is 72.9 cm³/mol. The number of non-ortho nitro benzene ring substituents is 1. The topological polar surface area (TPSA) is 135 Å². The van der Waals surface area contributed by atoms with Gasteiger partial charge in [-0.3, -0.25) is 29.7 Å². The van der Waals surface area contributed by atoms with Crippen molar-refractivity contribution in [2.45, 2.75) is 12.3 Å². The van der Waals surface area contributed by atoms with Gasteiger partial charge in [0.15, 0.2) is 0 Å². The normalized spacial score (nSPS) is 16.7. The molecule has 9 heteroatoms. The molecular weight excluding hydrogens is 294 g/mol. The van der Waals surface area contributed by atoms with Gasteiger partial charge < -0.3 is 4.74 Å². The molecule has 22 heavy (non-hydrogen) atoms. The maximum atomic E-state index is 12.0. The molecule has 0 radical (unpaired) electrons. The third-order valence-corrected chi connectivity index (χ3v) is 3.36. The minimum atomic E-state index is -0.795. The molecule has 1 aliphatic rings. The number of carbonyl (C=O) groups excluding carboxylic acids is 1. The molecule has 3 rings (SSSR count). The van der Waals surface area contributed by atoms with Gasteiger partial charge in [-0.15, -0.1) is 0 Å². The van der Waals surface area contributed by atoms with E-state index < -0.39 is 28.1 Å².